The predicted molar refractivity (Wildman–Crippen MR) is 111 cm³/mol. The van der Waals surface area contributed by atoms with Gasteiger partial charge in [-0.3, -0.25) is 14.5 Å². The maximum atomic E-state index is 12.1. The summed E-state index contributed by atoms with van der Waals surface area (Å²) in [6.45, 7) is 0.601. The van der Waals surface area contributed by atoms with Crippen molar-refractivity contribution in [2.75, 3.05) is 17.6 Å². The van der Waals surface area contributed by atoms with Gasteiger partial charge in [0.05, 0.1) is 5.75 Å². The standard InChI is InChI=1S/C20H20N2O2S2/c23-18(8-4-5-13-22-19(24)14-26-20(22)25)21-17-11-9-16(10-12-17)15-6-2-1-3-7-15/h1-3,6-7,9-12H,4-5,8,13-14H2,(H,21,23). The lowest BCUT2D eigenvalue weighted by atomic mass is 10.1. The van der Waals surface area contributed by atoms with Gasteiger partial charge < -0.3 is 5.32 Å². The van der Waals surface area contributed by atoms with Crippen molar-refractivity contribution in [2.24, 2.45) is 0 Å². The molecule has 0 unspecified atom stereocenters. The second-order valence-electron chi connectivity index (χ2n) is 6.05. The number of nitrogens with zero attached hydrogens (tertiary/aromatic N) is 1. The van der Waals surface area contributed by atoms with Gasteiger partial charge >= 0.3 is 0 Å². The average molecular weight is 385 g/mol. The molecule has 3 rings (SSSR count). The van der Waals surface area contributed by atoms with Crippen LogP contribution in [0.15, 0.2) is 54.6 Å². The number of hydrogen-bond acceptors (Lipinski definition) is 4. The number of benzene rings is 2. The van der Waals surface area contributed by atoms with Crippen LogP contribution in [0.2, 0.25) is 0 Å². The molecule has 26 heavy (non-hydrogen) atoms. The van der Waals surface area contributed by atoms with Crippen LogP contribution in [0.25, 0.3) is 11.1 Å². The number of thioether (sulfide) groups is 1. The van der Waals surface area contributed by atoms with Gasteiger partial charge in [-0.1, -0.05) is 66.4 Å². The third-order valence-electron chi connectivity index (χ3n) is 4.15. The van der Waals surface area contributed by atoms with Gasteiger partial charge in [0.2, 0.25) is 11.8 Å². The van der Waals surface area contributed by atoms with Crippen molar-refractivity contribution in [2.45, 2.75) is 19.3 Å². The van der Waals surface area contributed by atoms with Crippen LogP contribution in [0.4, 0.5) is 5.69 Å². The summed E-state index contributed by atoms with van der Waals surface area (Å²) in [4.78, 5) is 25.3. The second-order valence-corrected chi connectivity index (χ2v) is 7.66. The molecular formula is C20H20N2O2S2. The van der Waals surface area contributed by atoms with E-state index in [2.05, 4.69) is 17.4 Å². The van der Waals surface area contributed by atoms with Gasteiger partial charge in [0, 0.05) is 18.7 Å². The number of carbonyl (C=O) groups excluding carboxylic acids is 2. The molecule has 0 radical (unpaired) electrons. The highest BCUT2D eigenvalue weighted by molar-refractivity contribution is 8.23. The van der Waals surface area contributed by atoms with Crippen LogP contribution in [0.5, 0.6) is 0 Å². The molecule has 2 aromatic rings. The molecule has 0 spiro atoms. The van der Waals surface area contributed by atoms with Crippen molar-refractivity contribution in [1.29, 1.82) is 0 Å². The summed E-state index contributed by atoms with van der Waals surface area (Å²) in [5.41, 5.74) is 3.06. The molecule has 0 bridgehead atoms. The zero-order valence-corrected chi connectivity index (χ0v) is 15.9. The summed E-state index contributed by atoms with van der Waals surface area (Å²) < 4.78 is 0.651. The van der Waals surface area contributed by atoms with E-state index in [1.807, 2.05) is 42.5 Å². The zero-order valence-electron chi connectivity index (χ0n) is 14.3. The molecule has 4 nitrogen and oxygen atoms in total. The maximum Gasteiger partial charge on any atom is 0.238 e. The molecule has 0 aliphatic carbocycles. The molecule has 0 saturated carbocycles. The van der Waals surface area contributed by atoms with Crippen LogP contribution >= 0.6 is 24.0 Å². The molecule has 1 aliphatic rings. The summed E-state index contributed by atoms with van der Waals surface area (Å²) in [5, 5.41) is 2.92. The molecule has 1 N–H and O–H groups in total. The number of nitrogens with one attached hydrogen (secondary N) is 1. The SMILES string of the molecule is O=C(CCCCN1C(=O)CSC1=S)Nc1ccc(-c2ccccc2)cc1. The van der Waals surface area contributed by atoms with Gasteiger partial charge in [-0.2, -0.15) is 0 Å². The minimum absolute atomic E-state index is 0.0119. The molecule has 2 aromatic carbocycles. The Morgan fingerprint density at radius 1 is 1.04 bits per heavy atom. The number of hydrogen-bond donors (Lipinski definition) is 1. The first-order valence-electron chi connectivity index (χ1n) is 8.56. The third-order valence-corrected chi connectivity index (χ3v) is 5.58. The Labute approximate surface area is 163 Å². The molecule has 1 heterocycles. The van der Waals surface area contributed by atoms with E-state index in [0.29, 0.717) is 23.0 Å². The Morgan fingerprint density at radius 2 is 1.73 bits per heavy atom. The molecule has 1 saturated heterocycles. The van der Waals surface area contributed by atoms with E-state index >= 15 is 0 Å². The Hall–Kier alpha value is -2.18. The minimum atomic E-state index is -0.0119. The van der Waals surface area contributed by atoms with Gasteiger partial charge in [-0.05, 0) is 36.1 Å². The molecule has 2 amide bonds. The molecule has 0 atom stereocenters. The summed E-state index contributed by atoms with van der Waals surface area (Å²) >= 11 is 6.55. The van der Waals surface area contributed by atoms with Crippen LogP contribution in [0.1, 0.15) is 19.3 Å². The molecule has 134 valence electrons. The predicted octanol–water partition coefficient (Wildman–Crippen LogP) is 4.32. The summed E-state index contributed by atoms with van der Waals surface area (Å²) in [5.74, 6) is 0.503. The van der Waals surface area contributed by atoms with Crippen molar-refractivity contribution in [1.82, 2.24) is 4.90 Å². The van der Waals surface area contributed by atoms with Crippen molar-refractivity contribution in [3.05, 3.63) is 54.6 Å². The number of unbranched alkanes of at least 4 members (excludes halogenated alkanes) is 1. The van der Waals surface area contributed by atoms with Gasteiger partial charge in [0.1, 0.15) is 4.32 Å². The number of carbonyl (C=O) groups is 2. The zero-order chi connectivity index (χ0) is 18.4. The van der Waals surface area contributed by atoms with E-state index < -0.39 is 0 Å². The molecule has 0 aromatic heterocycles. The summed E-state index contributed by atoms with van der Waals surface area (Å²) in [7, 11) is 0. The van der Waals surface area contributed by atoms with Gasteiger partial charge in [-0.15, -0.1) is 0 Å². The Morgan fingerprint density at radius 3 is 2.38 bits per heavy atom. The van der Waals surface area contributed by atoms with E-state index in [4.69, 9.17) is 12.2 Å². The highest BCUT2D eigenvalue weighted by atomic mass is 32.2. The lowest BCUT2D eigenvalue weighted by molar-refractivity contribution is -0.124. The highest BCUT2D eigenvalue weighted by Crippen LogP contribution is 2.22. The largest absolute Gasteiger partial charge is 0.326 e. The highest BCUT2D eigenvalue weighted by Gasteiger charge is 2.25. The maximum absolute atomic E-state index is 12.1. The number of rotatable bonds is 7. The van der Waals surface area contributed by atoms with E-state index in [1.165, 1.54) is 11.8 Å². The first kappa shape index (κ1) is 18.6. The van der Waals surface area contributed by atoms with Crippen molar-refractivity contribution in [3.63, 3.8) is 0 Å². The lowest BCUT2D eigenvalue weighted by Crippen LogP contribution is -2.29. The van der Waals surface area contributed by atoms with Crippen molar-refractivity contribution in [3.8, 4) is 11.1 Å². The third kappa shape index (κ3) is 4.93. The molecule has 1 aliphatic heterocycles. The van der Waals surface area contributed by atoms with Crippen LogP contribution in [0.3, 0.4) is 0 Å². The van der Waals surface area contributed by atoms with Crippen molar-refractivity contribution < 1.29 is 9.59 Å². The van der Waals surface area contributed by atoms with Crippen LogP contribution < -0.4 is 5.32 Å². The molecule has 1 fully saturated rings. The average Bonchev–Trinajstić information content (AvgIpc) is 2.98. The normalized spacial score (nSPS) is 13.9. The van der Waals surface area contributed by atoms with E-state index in [-0.39, 0.29) is 11.8 Å². The van der Waals surface area contributed by atoms with Crippen molar-refractivity contribution >= 4 is 45.8 Å². The first-order valence-corrected chi connectivity index (χ1v) is 9.95. The topological polar surface area (TPSA) is 49.4 Å². The summed E-state index contributed by atoms with van der Waals surface area (Å²) in [6.07, 6.45) is 1.93. The number of amides is 2. The van der Waals surface area contributed by atoms with Crippen LogP contribution in [0, 0.1) is 0 Å². The van der Waals surface area contributed by atoms with E-state index in [0.717, 1.165) is 29.7 Å². The smallest absolute Gasteiger partial charge is 0.238 e. The van der Waals surface area contributed by atoms with Crippen LogP contribution in [-0.2, 0) is 9.59 Å². The fourth-order valence-corrected chi connectivity index (χ4v) is 3.87. The number of anilines is 1. The van der Waals surface area contributed by atoms with Gasteiger partial charge in [0.25, 0.3) is 0 Å². The lowest BCUT2D eigenvalue weighted by Gasteiger charge is -2.14. The van der Waals surface area contributed by atoms with E-state index in [9.17, 15) is 9.59 Å². The van der Waals surface area contributed by atoms with Crippen LogP contribution in [-0.4, -0.2) is 33.3 Å². The fourth-order valence-electron chi connectivity index (χ4n) is 2.75. The Balaban J connectivity index is 1.42. The Kier molecular flexibility index (Phi) is 6.41. The first-order chi connectivity index (χ1) is 12.6. The fraction of sp³-hybridized carbons (Fsp3) is 0.250. The molecular weight excluding hydrogens is 364 g/mol. The quantitative estimate of drug-likeness (QED) is 0.570. The second kappa shape index (κ2) is 8.96. The summed E-state index contributed by atoms with van der Waals surface area (Å²) in [6, 6.07) is 18.0. The van der Waals surface area contributed by atoms with Gasteiger partial charge in [-0.25, -0.2) is 0 Å². The minimum Gasteiger partial charge on any atom is -0.326 e. The van der Waals surface area contributed by atoms with Gasteiger partial charge in [0.15, 0.2) is 0 Å². The molecule has 6 heteroatoms. The monoisotopic (exact) mass is 384 g/mol. The van der Waals surface area contributed by atoms with E-state index in [1.54, 1.807) is 4.90 Å². The number of thiocarbonyl (C=S) groups is 1. The Bertz CT molecular complexity index is 775.